The fraction of sp³-hybridized carbons (Fsp3) is 0.341. The van der Waals surface area contributed by atoms with Crippen LogP contribution in [0.2, 0.25) is 31.8 Å². The highest BCUT2D eigenvalue weighted by atomic mass is 35.5. The van der Waals surface area contributed by atoms with Gasteiger partial charge in [-0.15, -0.1) is 5.54 Å². The maximum Gasteiger partial charge on any atom is 0.338 e. The molecule has 12 heteroatoms. The van der Waals surface area contributed by atoms with Crippen molar-refractivity contribution in [3.05, 3.63) is 117 Å². The maximum atomic E-state index is 13.7. The van der Waals surface area contributed by atoms with E-state index in [0.29, 0.717) is 43.8 Å². The smallest absolute Gasteiger partial charge is 0.338 e. The molecular formula is C41H42Cl3N3O5Si. The van der Waals surface area contributed by atoms with Crippen molar-refractivity contribution in [2.45, 2.75) is 88.8 Å². The standard InChI is InChI=1S/C41H42Cl3N3O5Si/c1-23(2)53(24(3)4,25(5)6)19-18-30-21-47(39-33(30)38(44)45-22-46-39)40-35(49)34(48)37(51-40)36(29-16-17-31(42)32(43)20-29)52-41(50)28-14-12-27(13-15-28)26-10-8-7-9-11-26/h7-17,20-25,34-37,40,48-49H,1-6H3/t34-,35+,36?,37-,40+/m0/s1. The van der Waals surface area contributed by atoms with Gasteiger partial charge >= 0.3 is 5.97 Å². The molecule has 1 unspecified atom stereocenters. The molecule has 1 aliphatic rings. The molecule has 5 aromatic rings. The van der Waals surface area contributed by atoms with E-state index in [9.17, 15) is 15.0 Å². The SMILES string of the molecule is CC(C)[Si](C#Cc1cn([C@@H]2O[C@H](C(OC(=O)c3ccc(-c4ccccc4)cc3)c3ccc(Cl)c(Cl)c3)[C@@H](O)[C@H]2O)c2ncnc(Cl)c12)(C(C)C)C(C)C. The van der Waals surface area contributed by atoms with Crippen molar-refractivity contribution in [2.75, 3.05) is 0 Å². The van der Waals surface area contributed by atoms with E-state index in [4.69, 9.17) is 44.3 Å². The Morgan fingerprint density at radius 1 is 0.849 bits per heavy atom. The van der Waals surface area contributed by atoms with Gasteiger partial charge in [-0.1, -0.05) is 131 Å². The molecule has 1 fully saturated rings. The van der Waals surface area contributed by atoms with Gasteiger partial charge in [-0.25, -0.2) is 14.8 Å². The minimum atomic E-state index is -2.14. The summed E-state index contributed by atoms with van der Waals surface area (Å²) in [5, 5.41) is 24.4. The average molecular weight is 791 g/mol. The van der Waals surface area contributed by atoms with Gasteiger partial charge in [0.2, 0.25) is 0 Å². The zero-order valence-electron chi connectivity index (χ0n) is 30.3. The lowest BCUT2D eigenvalue weighted by molar-refractivity contribution is -0.0916. The number of fused-ring (bicyclic) bond motifs is 1. The summed E-state index contributed by atoms with van der Waals surface area (Å²) in [5.74, 6) is 2.78. The molecule has 53 heavy (non-hydrogen) atoms. The van der Waals surface area contributed by atoms with Crippen molar-refractivity contribution in [3.8, 4) is 22.6 Å². The van der Waals surface area contributed by atoms with Crippen LogP contribution in [0.5, 0.6) is 0 Å². The van der Waals surface area contributed by atoms with E-state index in [1.54, 1.807) is 41.1 Å². The van der Waals surface area contributed by atoms with Crippen LogP contribution in [0.1, 0.15) is 75.4 Å². The first kappa shape index (κ1) is 39.0. The fourth-order valence-electron chi connectivity index (χ4n) is 7.74. The number of aromatic nitrogens is 3. The van der Waals surface area contributed by atoms with Crippen molar-refractivity contribution >= 4 is 59.9 Å². The number of rotatable bonds is 9. The molecule has 0 saturated carbocycles. The fourth-order valence-corrected chi connectivity index (χ4v) is 13.5. The van der Waals surface area contributed by atoms with Crippen LogP contribution in [-0.4, -0.2) is 57.1 Å². The van der Waals surface area contributed by atoms with Gasteiger partial charge in [-0.05, 0) is 57.6 Å². The number of carbonyl (C=O) groups excluding carboxylic acids is 1. The van der Waals surface area contributed by atoms with Crippen LogP contribution in [0.4, 0.5) is 0 Å². The summed E-state index contributed by atoms with van der Waals surface area (Å²) in [6.45, 7) is 13.4. The third kappa shape index (κ3) is 7.52. The highest BCUT2D eigenvalue weighted by Crippen LogP contribution is 2.43. The summed E-state index contributed by atoms with van der Waals surface area (Å²) < 4.78 is 14.2. The van der Waals surface area contributed by atoms with Crippen molar-refractivity contribution in [1.82, 2.24) is 14.5 Å². The van der Waals surface area contributed by atoms with Crippen LogP contribution in [-0.2, 0) is 9.47 Å². The van der Waals surface area contributed by atoms with E-state index in [2.05, 4.69) is 63.0 Å². The van der Waals surface area contributed by atoms with E-state index in [-0.39, 0.29) is 15.7 Å². The molecule has 276 valence electrons. The molecule has 3 heterocycles. The van der Waals surface area contributed by atoms with Crippen LogP contribution in [0.25, 0.3) is 22.2 Å². The molecule has 1 aliphatic heterocycles. The Bertz CT molecular complexity index is 2140. The second kappa shape index (κ2) is 15.9. The molecule has 0 bridgehead atoms. The molecule has 0 amide bonds. The van der Waals surface area contributed by atoms with Crippen LogP contribution in [0.15, 0.2) is 85.3 Å². The van der Waals surface area contributed by atoms with Crippen LogP contribution < -0.4 is 0 Å². The van der Waals surface area contributed by atoms with Crippen LogP contribution in [0.3, 0.4) is 0 Å². The topological polar surface area (TPSA) is 107 Å². The van der Waals surface area contributed by atoms with Crippen molar-refractivity contribution in [3.63, 3.8) is 0 Å². The summed E-state index contributed by atoms with van der Waals surface area (Å²) in [5.41, 5.74) is 8.51. The molecule has 2 N–H and O–H groups in total. The van der Waals surface area contributed by atoms with E-state index < -0.39 is 44.7 Å². The Morgan fingerprint density at radius 2 is 1.49 bits per heavy atom. The number of aliphatic hydroxyl groups is 2. The lowest BCUT2D eigenvalue weighted by Crippen LogP contribution is -2.43. The minimum absolute atomic E-state index is 0.203. The van der Waals surface area contributed by atoms with Gasteiger partial charge in [0, 0.05) is 6.20 Å². The van der Waals surface area contributed by atoms with Crippen molar-refractivity contribution < 1.29 is 24.5 Å². The van der Waals surface area contributed by atoms with E-state index in [0.717, 1.165) is 11.1 Å². The zero-order valence-corrected chi connectivity index (χ0v) is 33.6. The molecule has 0 spiro atoms. The molecule has 3 aromatic carbocycles. The first-order valence-electron chi connectivity index (χ1n) is 17.6. The second-order valence-corrected chi connectivity index (χ2v) is 21.1. The number of aliphatic hydroxyl groups excluding tert-OH is 2. The number of benzene rings is 3. The molecule has 0 radical (unpaired) electrons. The number of halogens is 3. The minimum Gasteiger partial charge on any atom is -0.451 e. The van der Waals surface area contributed by atoms with Gasteiger partial charge in [0.05, 0.1) is 26.6 Å². The number of ether oxygens (including phenoxy) is 2. The Labute approximate surface area is 326 Å². The van der Waals surface area contributed by atoms with E-state index in [1.807, 2.05) is 42.5 Å². The predicted octanol–water partition coefficient (Wildman–Crippen LogP) is 9.85. The van der Waals surface area contributed by atoms with E-state index >= 15 is 0 Å². The van der Waals surface area contributed by atoms with Crippen molar-refractivity contribution in [1.29, 1.82) is 0 Å². The maximum absolute atomic E-state index is 13.7. The van der Waals surface area contributed by atoms with Crippen LogP contribution in [0, 0.1) is 11.5 Å². The number of carbonyl (C=O) groups is 1. The Balaban J connectivity index is 1.37. The molecule has 0 aliphatic carbocycles. The lowest BCUT2D eigenvalue weighted by Gasteiger charge is -2.38. The summed E-state index contributed by atoms with van der Waals surface area (Å²) in [7, 11) is -2.14. The summed E-state index contributed by atoms with van der Waals surface area (Å²) in [4.78, 5) is 22.4. The number of hydrogen-bond acceptors (Lipinski definition) is 7. The quantitative estimate of drug-likeness (QED) is 0.0663. The van der Waals surface area contributed by atoms with Gasteiger partial charge < -0.3 is 24.3 Å². The van der Waals surface area contributed by atoms with Gasteiger partial charge in [-0.2, -0.15) is 0 Å². The summed E-state index contributed by atoms with van der Waals surface area (Å²) in [6.07, 6.45) is -3.49. The largest absolute Gasteiger partial charge is 0.451 e. The predicted molar refractivity (Wildman–Crippen MR) is 213 cm³/mol. The number of nitrogens with zero attached hydrogens (tertiary/aromatic N) is 3. The van der Waals surface area contributed by atoms with Gasteiger partial charge in [0.15, 0.2) is 12.3 Å². The first-order chi connectivity index (χ1) is 25.2. The first-order valence-corrected chi connectivity index (χ1v) is 21.0. The average Bonchev–Trinajstić information content (AvgIpc) is 3.65. The van der Waals surface area contributed by atoms with Crippen LogP contribution >= 0.6 is 34.8 Å². The van der Waals surface area contributed by atoms with Gasteiger partial charge in [-0.3, -0.25) is 0 Å². The third-order valence-corrected chi connectivity index (χ3v) is 17.7. The molecular weight excluding hydrogens is 749 g/mol. The van der Waals surface area contributed by atoms with Gasteiger partial charge in [0.1, 0.15) is 43.5 Å². The molecule has 8 nitrogen and oxygen atoms in total. The summed E-state index contributed by atoms with van der Waals surface area (Å²) >= 11 is 19.3. The number of esters is 1. The highest BCUT2D eigenvalue weighted by Gasteiger charge is 2.50. The van der Waals surface area contributed by atoms with Crippen molar-refractivity contribution in [2.24, 2.45) is 0 Å². The molecule has 2 aromatic heterocycles. The Hall–Kier alpha value is -3.72. The number of hydrogen-bond donors (Lipinski definition) is 2. The monoisotopic (exact) mass is 789 g/mol. The third-order valence-electron chi connectivity index (χ3n) is 10.4. The molecule has 1 saturated heterocycles. The Kier molecular flexibility index (Phi) is 11.7. The normalized spacial score (nSPS) is 19.5. The lowest BCUT2D eigenvalue weighted by atomic mass is 9.98. The van der Waals surface area contributed by atoms with E-state index in [1.165, 1.54) is 6.33 Å². The summed E-state index contributed by atoms with van der Waals surface area (Å²) in [6, 6.07) is 21.6. The zero-order chi connectivity index (χ0) is 38.2. The van der Waals surface area contributed by atoms with Gasteiger partial charge in [0.25, 0.3) is 0 Å². The molecule has 6 rings (SSSR count). The second-order valence-electron chi connectivity index (χ2n) is 14.4. The highest BCUT2D eigenvalue weighted by molar-refractivity contribution is 6.90. The molecule has 5 atom stereocenters. The Morgan fingerprint density at radius 3 is 2.11 bits per heavy atom.